The van der Waals surface area contributed by atoms with Crippen LogP contribution in [0.4, 0.5) is 22.7 Å². The van der Waals surface area contributed by atoms with E-state index < -0.39 is 5.97 Å². The maximum atomic E-state index is 11.7. The monoisotopic (exact) mass is 561 g/mol. The van der Waals surface area contributed by atoms with Gasteiger partial charge < -0.3 is 34.0 Å². The Labute approximate surface area is 280 Å². The minimum absolute atomic E-state index is 0. The van der Waals surface area contributed by atoms with Gasteiger partial charge in [-0.2, -0.15) is 11.3 Å². The number of unbranched alkanes of at least 4 members (excludes halogenated alkanes) is 3. The SMILES string of the molecule is CCCC[CH-]CN(c1ccccc1)c1cc(N(C)c2ccc(C)cc2)c(-c2cccc(C(=O)O)c2)cc1[S-].[K+]. The maximum absolute atomic E-state index is 11.7. The molecule has 4 rings (SSSR count). The van der Waals surface area contributed by atoms with Gasteiger partial charge in [0.05, 0.1) is 11.3 Å². The van der Waals surface area contributed by atoms with Crippen LogP contribution in [0, 0.1) is 13.3 Å². The van der Waals surface area contributed by atoms with Gasteiger partial charge in [-0.3, -0.25) is 0 Å². The summed E-state index contributed by atoms with van der Waals surface area (Å²) in [5.41, 5.74) is 7.17. The molecule has 0 saturated heterocycles. The first-order chi connectivity index (χ1) is 18.4. The fraction of sp³-hybridized carbons (Fsp3) is 0.212. The Hall–Kier alpha value is -2.19. The third-order valence-corrected chi connectivity index (χ3v) is 7.04. The Morgan fingerprint density at radius 3 is 2.28 bits per heavy atom. The number of aromatic carboxylic acids is 1. The Morgan fingerprint density at radius 2 is 1.62 bits per heavy atom. The Balaban J connectivity index is 0.00000420. The fourth-order valence-corrected chi connectivity index (χ4v) is 4.81. The van der Waals surface area contributed by atoms with Crippen molar-refractivity contribution in [3.8, 4) is 11.1 Å². The Kier molecular flexibility index (Phi) is 12.0. The zero-order chi connectivity index (χ0) is 27.1. The Morgan fingerprint density at radius 1 is 0.897 bits per heavy atom. The van der Waals surface area contributed by atoms with Crippen molar-refractivity contribution in [2.75, 3.05) is 23.4 Å². The van der Waals surface area contributed by atoms with Crippen molar-refractivity contribution in [2.45, 2.75) is 38.0 Å². The Bertz CT molecular complexity index is 1380. The van der Waals surface area contributed by atoms with Crippen molar-refractivity contribution < 1.29 is 61.3 Å². The molecule has 0 atom stereocenters. The van der Waals surface area contributed by atoms with E-state index in [1.807, 2.05) is 37.4 Å². The van der Waals surface area contributed by atoms with Gasteiger partial charge in [0.25, 0.3) is 0 Å². The fourth-order valence-electron chi connectivity index (χ4n) is 4.52. The number of carbonyl (C=O) groups is 1. The van der Waals surface area contributed by atoms with Crippen molar-refractivity contribution in [3.05, 3.63) is 109 Å². The molecule has 0 aliphatic carbocycles. The molecular formula is C33H34KN2O2S-. The molecule has 4 aromatic carbocycles. The molecule has 0 radical (unpaired) electrons. The summed E-state index contributed by atoms with van der Waals surface area (Å²) in [6.07, 6.45) is 5.68. The summed E-state index contributed by atoms with van der Waals surface area (Å²) in [6, 6.07) is 29.9. The molecule has 0 aromatic heterocycles. The second-order valence-corrected chi connectivity index (χ2v) is 9.93. The second-order valence-electron chi connectivity index (χ2n) is 9.49. The molecule has 6 heteroatoms. The van der Waals surface area contributed by atoms with Crippen molar-refractivity contribution in [2.24, 2.45) is 0 Å². The molecule has 0 amide bonds. The smallest absolute Gasteiger partial charge is 0.778 e. The number of carboxylic acids is 1. The second kappa shape index (κ2) is 15.0. The van der Waals surface area contributed by atoms with E-state index in [2.05, 4.69) is 72.5 Å². The first-order valence-electron chi connectivity index (χ1n) is 13.0. The van der Waals surface area contributed by atoms with Crippen LogP contribution in [-0.2, 0) is 12.6 Å². The molecule has 39 heavy (non-hydrogen) atoms. The van der Waals surface area contributed by atoms with E-state index in [1.165, 1.54) is 5.56 Å². The minimum Gasteiger partial charge on any atom is -0.778 e. The summed E-state index contributed by atoms with van der Waals surface area (Å²) < 4.78 is 0. The first kappa shape index (κ1) is 31.3. The van der Waals surface area contributed by atoms with Crippen LogP contribution in [0.25, 0.3) is 11.1 Å². The van der Waals surface area contributed by atoms with E-state index in [1.54, 1.807) is 18.2 Å². The summed E-state index contributed by atoms with van der Waals surface area (Å²) >= 11 is 5.99. The van der Waals surface area contributed by atoms with Gasteiger partial charge in [-0.1, -0.05) is 73.9 Å². The van der Waals surface area contributed by atoms with Crippen molar-refractivity contribution in [1.29, 1.82) is 0 Å². The number of para-hydroxylation sites is 1. The number of rotatable bonds is 11. The van der Waals surface area contributed by atoms with Gasteiger partial charge in [-0.15, -0.1) is 6.54 Å². The van der Waals surface area contributed by atoms with E-state index in [0.29, 0.717) is 0 Å². The van der Waals surface area contributed by atoms with Crippen molar-refractivity contribution >= 4 is 41.3 Å². The van der Waals surface area contributed by atoms with Crippen LogP contribution in [0.5, 0.6) is 0 Å². The van der Waals surface area contributed by atoms with Crippen LogP contribution >= 0.6 is 0 Å². The number of nitrogens with zero attached hydrogens (tertiary/aromatic N) is 2. The summed E-state index contributed by atoms with van der Waals surface area (Å²) in [4.78, 5) is 16.9. The van der Waals surface area contributed by atoms with E-state index in [0.717, 1.165) is 64.6 Å². The van der Waals surface area contributed by atoms with Crippen molar-refractivity contribution in [1.82, 2.24) is 0 Å². The third-order valence-electron chi connectivity index (χ3n) is 6.71. The quantitative estimate of drug-likeness (QED) is 0.112. The average molecular weight is 562 g/mol. The molecule has 0 bridgehead atoms. The molecule has 0 saturated carbocycles. The van der Waals surface area contributed by atoms with E-state index in [-0.39, 0.29) is 56.9 Å². The van der Waals surface area contributed by atoms with Crippen LogP contribution in [-0.4, -0.2) is 24.7 Å². The van der Waals surface area contributed by atoms with Crippen molar-refractivity contribution in [3.63, 3.8) is 0 Å². The molecule has 1 N–H and O–H groups in total. The van der Waals surface area contributed by atoms with Gasteiger partial charge in [0.2, 0.25) is 0 Å². The standard InChI is InChI=1S/C33H35N2O2S.K/c1-4-5-6-10-20-35(28-14-8-7-9-15-28)31-23-30(34(3)27-18-16-24(2)17-19-27)29(22-32(31)38)25-12-11-13-26(21-25)33(36)37;/h7-19,21-23,38H,4-6,20H2,1-3H3,(H,36,37);/q-1;+1/p-1. The molecule has 4 nitrogen and oxygen atoms in total. The van der Waals surface area contributed by atoms with E-state index in [4.69, 9.17) is 12.6 Å². The van der Waals surface area contributed by atoms with Crippen LogP contribution in [0.1, 0.15) is 42.1 Å². The van der Waals surface area contributed by atoms with Gasteiger partial charge in [0.1, 0.15) is 0 Å². The zero-order valence-corrected chi connectivity index (χ0v) is 27.2. The molecule has 196 valence electrons. The van der Waals surface area contributed by atoms with Gasteiger partial charge in [0, 0.05) is 29.7 Å². The number of hydrogen-bond acceptors (Lipinski definition) is 4. The zero-order valence-electron chi connectivity index (χ0n) is 23.2. The molecule has 0 aliphatic rings. The van der Waals surface area contributed by atoms with Gasteiger partial charge in [-0.05, 0) is 55.0 Å². The van der Waals surface area contributed by atoms with Crippen LogP contribution in [0.15, 0.2) is 95.9 Å². The molecule has 0 spiro atoms. The predicted octanol–water partition coefficient (Wildman–Crippen LogP) is 5.57. The largest absolute Gasteiger partial charge is 1.00 e. The molecule has 0 fully saturated rings. The normalized spacial score (nSPS) is 10.5. The van der Waals surface area contributed by atoms with Gasteiger partial charge in [-0.25, -0.2) is 4.79 Å². The van der Waals surface area contributed by atoms with Gasteiger partial charge >= 0.3 is 57.4 Å². The average Bonchev–Trinajstić information content (AvgIpc) is 2.94. The summed E-state index contributed by atoms with van der Waals surface area (Å²) in [5, 5.41) is 9.62. The van der Waals surface area contributed by atoms with E-state index in [9.17, 15) is 9.90 Å². The summed E-state index contributed by atoms with van der Waals surface area (Å²) in [5.74, 6) is -0.951. The first-order valence-corrected chi connectivity index (χ1v) is 13.4. The third kappa shape index (κ3) is 7.94. The number of benzene rings is 4. The maximum Gasteiger partial charge on any atom is 1.00 e. The number of anilines is 4. The van der Waals surface area contributed by atoms with Gasteiger partial charge in [0.15, 0.2) is 0 Å². The minimum atomic E-state index is -0.951. The number of hydrogen-bond donors (Lipinski definition) is 1. The summed E-state index contributed by atoms with van der Waals surface area (Å²) in [7, 11) is 2.04. The van der Waals surface area contributed by atoms with Crippen LogP contribution < -0.4 is 61.2 Å². The summed E-state index contributed by atoms with van der Waals surface area (Å²) in [6.45, 7) is 5.02. The van der Waals surface area contributed by atoms with E-state index >= 15 is 0 Å². The molecule has 4 aromatic rings. The molecular weight excluding hydrogens is 528 g/mol. The number of aryl methyl sites for hydroxylation is 1. The van der Waals surface area contributed by atoms with Crippen LogP contribution in [0.3, 0.4) is 0 Å². The predicted molar refractivity (Wildman–Crippen MR) is 161 cm³/mol. The molecule has 0 unspecified atom stereocenters. The van der Waals surface area contributed by atoms with Crippen LogP contribution in [0.2, 0.25) is 0 Å². The topological polar surface area (TPSA) is 43.8 Å². The molecule has 0 heterocycles. The number of carboxylic acid groups (broad SMARTS) is 1. The molecule has 0 aliphatic heterocycles.